The Balaban J connectivity index is 2.29. The molecule has 3 nitrogen and oxygen atoms in total. The number of rotatable bonds is 3. The Bertz CT molecular complexity index is 536. The third kappa shape index (κ3) is 3.34. The molecule has 0 amide bonds. The highest BCUT2D eigenvalue weighted by molar-refractivity contribution is 9.10. The van der Waals surface area contributed by atoms with Crippen LogP contribution in [0.5, 0.6) is 0 Å². The molecule has 0 saturated carbocycles. The lowest BCUT2D eigenvalue weighted by molar-refractivity contribution is 1.05. The first-order valence-electron chi connectivity index (χ1n) is 4.83. The molecule has 6 heteroatoms. The van der Waals surface area contributed by atoms with E-state index >= 15 is 0 Å². The third-order valence-electron chi connectivity index (χ3n) is 1.95. The largest absolute Gasteiger partial charge is 0.357 e. The number of hydrogen-bond donors (Lipinski definition) is 1. The molecular weight excluding hydrogens is 322 g/mol. The lowest BCUT2D eigenvalue weighted by Crippen LogP contribution is -1.96. The van der Waals surface area contributed by atoms with Crippen LogP contribution in [0.4, 0.5) is 5.95 Å². The van der Waals surface area contributed by atoms with Gasteiger partial charge in [-0.3, -0.25) is 0 Å². The van der Waals surface area contributed by atoms with Gasteiger partial charge in [-0.15, -0.1) is 0 Å². The summed E-state index contributed by atoms with van der Waals surface area (Å²) in [5, 5.41) is 4.18. The van der Waals surface area contributed by atoms with Crippen LogP contribution >= 0.6 is 39.3 Å². The molecule has 0 bridgehead atoms. The van der Waals surface area contributed by atoms with Gasteiger partial charge in [0.15, 0.2) is 0 Å². The number of aromatic nitrogens is 2. The number of anilines is 1. The second kappa shape index (κ2) is 5.71. The Hall–Kier alpha value is -0.780. The molecule has 0 radical (unpaired) electrons. The maximum Gasteiger partial charge on any atom is 0.223 e. The van der Waals surface area contributed by atoms with Crippen molar-refractivity contribution in [2.24, 2.45) is 0 Å². The van der Waals surface area contributed by atoms with Crippen LogP contribution in [0.25, 0.3) is 0 Å². The lowest BCUT2D eigenvalue weighted by Gasteiger charge is -2.05. The first kappa shape index (κ1) is 12.7. The van der Waals surface area contributed by atoms with Crippen molar-refractivity contribution in [1.29, 1.82) is 0 Å². The fourth-order valence-electron chi connectivity index (χ4n) is 1.19. The van der Waals surface area contributed by atoms with E-state index in [2.05, 4.69) is 31.2 Å². The maximum atomic E-state index is 6.06. The molecule has 2 aromatic rings. The molecule has 1 aromatic heterocycles. The minimum Gasteiger partial charge on any atom is -0.357 e. The number of nitrogens with zero attached hydrogens (tertiary/aromatic N) is 2. The first-order valence-corrected chi connectivity index (χ1v) is 6.81. The van der Waals surface area contributed by atoms with Gasteiger partial charge in [-0.25, -0.2) is 9.97 Å². The highest BCUT2D eigenvalue weighted by atomic mass is 79.9. The molecule has 1 N–H and O–H groups in total. The average molecular weight is 331 g/mol. The zero-order chi connectivity index (χ0) is 12.3. The summed E-state index contributed by atoms with van der Waals surface area (Å²) in [5.41, 5.74) is 0. The van der Waals surface area contributed by atoms with E-state index in [0.29, 0.717) is 11.0 Å². The van der Waals surface area contributed by atoms with Crippen LogP contribution in [0.3, 0.4) is 0 Å². The van der Waals surface area contributed by atoms with Gasteiger partial charge in [0.25, 0.3) is 0 Å². The van der Waals surface area contributed by atoms with Crippen LogP contribution in [0.1, 0.15) is 0 Å². The van der Waals surface area contributed by atoms with Crippen LogP contribution in [0, 0.1) is 0 Å². The van der Waals surface area contributed by atoms with E-state index in [1.807, 2.05) is 24.3 Å². The smallest absolute Gasteiger partial charge is 0.223 e. The molecule has 0 unspecified atom stereocenters. The van der Waals surface area contributed by atoms with Gasteiger partial charge in [-0.1, -0.05) is 45.4 Å². The van der Waals surface area contributed by atoms with Gasteiger partial charge in [0.1, 0.15) is 5.03 Å². The third-order valence-corrected chi connectivity index (χ3v) is 3.82. The fraction of sp³-hybridized carbons (Fsp3) is 0.0909. The van der Waals surface area contributed by atoms with E-state index in [9.17, 15) is 0 Å². The van der Waals surface area contributed by atoms with E-state index in [1.54, 1.807) is 13.2 Å². The molecule has 0 aliphatic heterocycles. The van der Waals surface area contributed by atoms with E-state index in [0.717, 1.165) is 14.4 Å². The molecule has 0 aliphatic carbocycles. The van der Waals surface area contributed by atoms with Gasteiger partial charge < -0.3 is 5.32 Å². The predicted octanol–water partition coefficient (Wildman–Crippen LogP) is 4.09. The van der Waals surface area contributed by atoms with Crippen molar-refractivity contribution < 1.29 is 0 Å². The maximum absolute atomic E-state index is 6.06. The van der Waals surface area contributed by atoms with Gasteiger partial charge in [-0.2, -0.15) is 0 Å². The molecule has 17 heavy (non-hydrogen) atoms. The Kier molecular flexibility index (Phi) is 4.25. The van der Waals surface area contributed by atoms with Crippen molar-refractivity contribution in [2.75, 3.05) is 12.4 Å². The first-order chi connectivity index (χ1) is 8.19. The second-order valence-corrected chi connectivity index (χ2v) is 5.54. The fourth-order valence-corrected chi connectivity index (χ4v) is 2.78. The van der Waals surface area contributed by atoms with E-state index in [-0.39, 0.29) is 0 Å². The van der Waals surface area contributed by atoms with Gasteiger partial charge in [-0.05, 0) is 18.2 Å². The van der Waals surface area contributed by atoms with Crippen LogP contribution in [-0.2, 0) is 0 Å². The van der Waals surface area contributed by atoms with E-state index < -0.39 is 0 Å². The molecule has 0 spiro atoms. The van der Waals surface area contributed by atoms with Gasteiger partial charge in [0.2, 0.25) is 5.95 Å². The summed E-state index contributed by atoms with van der Waals surface area (Å²) in [7, 11) is 1.77. The molecule has 0 atom stereocenters. The van der Waals surface area contributed by atoms with Crippen molar-refractivity contribution in [2.45, 2.75) is 9.92 Å². The monoisotopic (exact) mass is 329 g/mol. The minimum atomic E-state index is 0.550. The summed E-state index contributed by atoms with van der Waals surface area (Å²) in [5.74, 6) is 0.562. The van der Waals surface area contributed by atoms with Crippen molar-refractivity contribution in [1.82, 2.24) is 9.97 Å². The minimum absolute atomic E-state index is 0.550. The van der Waals surface area contributed by atoms with Crippen molar-refractivity contribution in [3.05, 3.63) is 40.0 Å². The number of hydrogen-bond acceptors (Lipinski definition) is 4. The summed E-state index contributed by atoms with van der Waals surface area (Å²) in [6.45, 7) is 0. The highest BCUT2D eigenvalue weighted by Gasteiger charge is 2.07. The van der Waals surface area contributed by atoms with E-state index in [4.69, 9.17) is 11.6 Å². The number of benzene rings is 1. The summed E-state index contributed by atoms with van der Waals surface area (Å²) in [6, 6.07) is 7.97. The predicted molar refractivity (Wildman–Crippen MR) is 74.9 cm³/mol. The van der Waals surface area contributed by atoms with Crippen LogP contribution < -0.4 is 5.32 Å². The highest BCUT2D eigenvalue weighted by Crippen LogP contribution is 2.32. The Morgan fingerprint density at radius 3 is 2.94 bits per heavy atom. The summed E-state index contributed by atoms with van der Waals surface area (Å²) < 4.78 is 1.03. The molecule has 88 valence electrons. The zero-order valence-corrected chi connectivity index (χ0v) is 12.1. The topological polar surface area (TPSA) is 37.8 Å². The average Bonchev–Trinajstić information content (AvgIpc) is 2.32. The quantitative estimate of drug-likeness (QED) is 0.860. The standard InChI is InChI=1S/C11H9BrClN3S/c1-14-11-15-6-9(13)10(16-11)17-8-4-2-3-7(12)5-8/h2-6H,1H3,(H,14,15,16). The summed E-state index contributed by atoms with van der Waals surface area (Å²) in [6.07, 6.45) is 1.60. The van der Waals surface area contributed by atoms with Gasteiger partial charge >= 0.3 is 0 Å². The van der Waals surface area contributed by atoms with Crippen molar-refractivity contribution in [3.8, 4) is 0 Å². The Labute approximate surface area is 117 Å². The van der Waals surface area contributed by atoms with Gasteiger partial charge in [0, 0.05) is 16.4 Å². The van der Waals surface area contributed by atoms with Crippen LogP contribution in [0.15, 0.2) is 44.9 Å². The lowest BCUT2D eigenvalue weighted by atomic mass is 10.4. The van der Waals surface area contributed by atoms with Gasteiger partial charge in [0.05, 0.1) is 11.2 Å². The second-order valence-electron chi connectivity index (χ2n) is 3.16. The van der Waals surface area contributed by atoms with Crippen molar-refractivity contribution >= 4 is 45.2 Å². The molecule has 1 heterocycles. The SMILES string of the molecule is CNc1ncc(Cl)c(Sc2cccc(Br)c2)n1. The Morgan fingerprint density at radius 1 is 1.41 bits per heavy atom. The molecular formula is C11H9BrClN3S. The molecule has 2 rings (SSSR count). The summed E-state index contributed by atoms with van der Waals surface area (Å²) in [4.78, 5) is 9.42. The van der Waals surface area contributed by atoms with E-state index in [1.165, 1.54) is 11.8 Å². The molecule has 0 fully saturated rings. The molecule has 1 aromatic carbocycles. The number of nitrogens with one attached hydrogen (secondary N) is 1. The molecule has 0 saturated heterocycles. The van der Waals surface area contributed by atoms with Crippen LogP contribution in [-0.4, -0.2) is 17.0 Å². The zero-order valence-electron chi connectivity index (χ0n) is 8.95. The number of halogens is 2. The van der Waals surface area contributed by atoms with Crippen molar-refractivity contribution in [3.63, 3.8) is 0 Å². The summed E-state index contributed by atoms with van der Waals surface area (Å²) >= 11 is 11.0. The molecule has 0 aliphatic rings. The Morgan fingerprint density at radius 2 is 2.24 bits per heavy atom. The normalized spacial score (nSPS) is 10.3. The van der Waals surface area contributed by atoms with Crippen LogP contribution in [0.2, 0.25) is 5.02 Å².